The van der Waals surface area contributed by atoms with E-state index in [1.807, 2.05) is 31.6 Å². The lowest BCUT2D eigenvalue weighted by Crippen LogP contribution is -2.24. The van der Waals surface area contributed by atoms with Crippen LogP contribution in [0.3, 0.4) is 0 Å². The summed E-state index contributed by atoms with van der Waals surface area (Å²) in [4.78, 5) is 8.80. The van der Waals surface area contributed by atoms with Crippen LogP contribution in [0, 0.1) is 6.92 Å². The Bertz CT molecular complexity index is 541. The summed E-state index contributed by atoms with van der Waals surface area (Å²) in [6.45, 7) is 2.03. The van der Waals surface area contributed by atoms with E-state index in [1.54, 1.807) is 0 Å². The molecular weight excluding hydrogens is 236 g/mol. The van der Waals surface area contributed by atoms with Crippen molar-refractivity contribution in [2.24, 2.45) is 0 Å². The third-order valence-corrected chi connectivity index (χ3v) is 3.82. The molecule has 2 aromatic rings. The summed E-state index contributed by atoms with van der Waals surface area (Å²) in [6.07, 6.45) is 12.2. The summed E-state index contributed by atoms with van der Waals surface area (Å²) < 4.78 is 2.09. The first-order valence-corrected chi connectivity index (χ1v) is 7.06. The Kier molecular flexibility index (Phi) is 3.49. The van der Waals surface area contributed by atoms with E-state index in [-0.39, 0.29) is 0 Å². The van der Waals surface area contributed by atoms with Gasteiger partial charge in [-0.05, 0) is 31.9 Å². The van der Waals surface area contributed by atoms with Crippen molar-refractivity contribution in [3.8, 4) is 5.69 Å². The summed E-state index contributed by atoms with van der Waals surface area (Å²) >= 11 is 0. The number of nitrogens with zero attached hydrogens (tertiary/aromatic N) is 3. The van der Waals surface area contributed by atoms with Crippen LogP contribution >= 0.6 is 0 Å². The Labute approximate surface area is 113 Å². The number of imidazole rings is 1. The van der Waals surface area contributed by atoms with Crippen LogP contribution in [0.2, 0.25) is 0 Å². The average Bonchev–Trinajstić information content (AvgIpc) is 2.88. The smallest absolute Gasteiger partial charge is 0.207 e. The van der Waals surface area contributed by atoms with Gasteiger partial charge in [-0.3, -0.25) is 9.55 Å². The lowest BCUT2D eigenvalue weighted by atomic mass is 9.96. The van der Waals surface area contributed by atoms with Crippen molar-refractivity contribution in [1.29, 1.82) is 0 Å². The zero-order chi connectivity index (χ0) is 13.1. The van der Waals surface area contributed by atoms with Gasteiger partial charge in [0.1, 0.15) is 0 Å². The minimum absolute atomic E-state index is 0.562. The molecule has 0 radical (unpaired) electrons. The molecule has 3 rings (SSSR count). The van der Waals surface area contributed by atoms with E-state index < -0.39 is 0 Å². The van der Waals surface area contributed by atoms with E-state index in [2.05, 4.69) is 25.9 Å². The maximum absolute atomic E-state index is 4.45. The Hall–Kier alpha value is -1.84. The number of aromatic nitrogens is 3. The predicted octanol–water partition coefficient (Wildman–Crippen LogP) is 3.32. The number of hydrogen-bond acceptors (Lipinski definition) is 3. The second-order valence-electron chi connectivity index (χ2n) is 5.21. The second-order valence-corrected chi connectivity index (χ2v) is 5.21. The molecule has 100 valence electrons. The molecule has 1 aliphatic rings. The molecule has 19 heavy (non-hydrogen) atoms. The lowest BCUT2D eigenvalue weighted by Gasteiger charge is -2.23. The summed E-state index contributed by atoms with van der Waals surface area (Å²) in [5.74, 6) is 0.933. The van der Waals surface area contributed by atoms with Gasteiger partial charge in [0.05, 0.1) is 11.4 Å². The number of aryl methyl sites for hydroxylation is 1. The minimum Gasteiger partial charge on any atom is -0.353 e. The minimum atomic E-state index is 0.562. The molecular formula is C15H20N4. The van der Waals surface area contributed by atoms with Crippen LogP contribution in [0.25, 0.3) is 5.69 Å². The van der Waals surface area contributed by atoms with E-state index in [9.17, 15) is 0 Å². The van der Waals surface area contributed by atoms with Crippen molar-refractivity contribution in [3.63, 3.8) is 0 Å². The highest BCUT2D eigenvalue weighted by Crippen LogP contribution is 2.23. The molecule has 0 atom stereocenters. The molecule has 0 amide bonds. The Morgan fingerprint density at radius 2 is 2.00 bits per heavy atom. The van der Waals surface area contributed by atoms with E-state index in [0.717, 1.165) is 17.3 Å². The highest BCUT2D eigenvalue weighted by atomic mass is 15.2. The molecule has 1 N–H and O–H groups in total. The molecule has 2 heterocycles. The van der Waals surface area contributed by atoms with E-state index in [1.165, 1.54) is 32.1 Å². The Balaban J connectivity index is 1.84. The summed E-state index contributed by atoms with van der Waals surface area (Å²) in [5.41, 5.74) is 2.12. The van der Waals surface area contributed by atoms with E-state index in [0.29, 0.717) is 6.04 Å². The molecule has 1 saturated carbocycles. The van der Waals surface area contributed by atoms with Crippen LogP contribution in [0.5, 0.6) is 0 Å². The van der Waals surface area contributed by atoms with E-state index >= 15 is 0 Å². The average molecular weight is 256 g/mol. The predicted molar refractivity (Wildman–Crippen MR) is 76.6 cm³/mol. The SMILES string of the molecule is Cc1ncccc1-n1ccnc1NC1CCCCC1. The van der Waals surface area contributed by atoms with Gasteiger partial charge in [-0.2, -0.15) is 0 Å². The monoisotopic (exact) mass is 256 g/mol. The van der Waals surface area contributed by atoms with Crippen molar-refractivity contribution in [2.45, 2.75) is 45.1 Å². The van der Waals surface area contributed by atoms with Gasteiger partial charge in [0.15, 0.2) is 0 Å². The lowest BCUT2D eigenvalue weighted by molar-refractivity contribution is 0.460. The van der Waals surface area contributed by atoms with Gasteiger partial charge in [0, 0.05) is 24.6 Å². The van der Waals surface area contributed by atoms with Crippen molar-refractivity contribution < 1.29 is 0 Å². The molecule has 1 fully saturated rings. The number of pyridine rings is 1. The number of hydrogen-bond donors (Lipinski definition) is 1. The van der Waals surface area contributed by atoms with Crippen molar-refractivity contribution in [3.05, 3.63) is 36.4 Å². The first-order valence-electron chi connectivity index (χ1n) is 7.06. The highest BCUT2D eigenvalue weighted by molar-refractivity contribution is 5.44. The third-order valence-electron chi connectivity index (χ3n) is 3.82. The fraction of sp³-hybridized carbons (Fsp3) is 0.467. The quantitative estimate of drug-likeness (QED) is 0.916. The molecule has 2 aromatic heterocycles. The normalized spacial score (nSPS) is 16.5. The molecule has 0 bridgehead atoms. The van der Waals surface area contributed by atoms with Crippen LogP contribution < -0.4 is 5.32 Å². The molecule has 4 heteroatoms. The van der Waals surface area contributed by atoms with Crippen molar-refractivity contribution in [1.82, 2.24) is 14.5 Å². The van der Waals surface area contributed by atoms with Gasteiger partial charge >= 0.3 is 0 Å². The van der Waals surface area contributed by atoms with Crippen molar-refractivity contribution >= 4 is 5.95 Å². The third kappa shape index (κ3) is 2.62. The number of anilines is 1. The Morgan fingerprint density at radius 1 is 1.16 bits per heavy atom. The van der Waals surface area contributed by atoms with Gasteiger partial charge in [-0.25, -0.2) is 4.98 Å². The van der Waals surface area contributed by atoms with Crippen LogP contribution in [0.1, 0.15) is 37.8 Å². The first kappa shape index (κ1) is 12.2. The van der Waals surface area contributed by atoms with Crippen LogP contribution in [-0.4, -0.2) is 20.6 Å². The zero-order valence-corrected chi connectivity index (χ0v) is 11.3. The molecule has 0 spiro atoms. The summed E-state index contributed by atoms with van der Waals surface area (Å²) in [6, 6.07) is 4.61. The zero-order valence-electron chi connectivity index (χ0n) is 11.3. The summed E-state index contributed by atoms with van der Waals surface area (Å²) in [7, 11) is 0. The van der Waals surface area contributed by atoms with Crippen molar-refractivity contribution in [2.75, 3.05) is 5.32 Å². The number of rotatable bonds is 3. The first-order chi connectivity index (χ1) is 9.34. The molecule has 0 unspecified atom stereocenters. The van der Waals surface area contributed by atoms with E-state index in [4.69, 9.17) is 0 Å². The fourth-order valence-corrected chi connectivity index (χ4v) is 2.76. The standard InChI is InChI=1S/C15H20N4/c1-12-14(8-5-9-16-12)19-11-10-17-15(19)18-13-6-3-2-4-7-13/h5,8-11,13H,2-4,6-7H2,1H3,(H,17,18). The van der Waals surface area contributed by atoms with Gasteiger partial charge in [-0.15, -0.1) is 0 Å². The maximum atomic E-state index is 4.45. The van der Waals surface area contributed by atoms with Gasteiger partial charge in [0.2, 0.25) is 5.95 Å². The topological polar surface area (TPSA) is 42.7 Å². The molecule has 4 nitrogen and oxygen atoms in total. The largest absolute Gasteiger partial charge is 0.353 e. The Morgan fingerprint density at radius 3 is 2.79 bits per heavy atom. The molecule has 1 aliphatic carbocycles. The van der Waals surface area contributed by atoms with Gasteiger partial charge in [0.25, 0.3) is 0 Å². The summed E-state index contributed by atoms with van der Waals surface area (Å²) in [5, 5.41) is 3.58. The van der Waals surface area contributed by atoms with Crippen LogP contribution in [0.4, 0.5) is 5.95 Å². The second kappa shape index (κ2) is 5.43. The number of nitrogens with one attached hydrogen (secondary N) is 1. The molecule has 0 aliphatic heterocycles. The van der Waals surface area contributed by atoms with Gasteiger partial charge in [-0.1, -0.05) is 19.3 Å². The maximum Gasteiger partial charge on any atom is 0.207 e. The van der Waals surface area contributed by atoms with Crippen LogP contribution in [-0.2, 0) is 0 Å². The molecule has 0 aromatic carbocycles. The molecule has 0 saturated heterocycles. The van der Waals surface area contributed by atoms with Gasteiger partial charge < -0.3 is 5.32 Å². The highest BCUT2D eigenvalue weighted by Gasteiger charge is 2.16. The fourth-order valence-electron chi connectivity index (χ4n) is 2.76. The van der Waals surface area contributed by atoms with Crippen LogP contribution in [0.15, 0.2) is 30.7 Å².